The van der Waals surface area contributed by atoms with E-state index in [1.54, 1.807) is 18.2 Å². The molecule has 0 aliphatic carbocycles. The highest BCUT2D eigenvalue weighted by Crippen LogP contribution is 2.36. The molecule has 2 N–H and O–H groups in total. The van der Waals surface area contributed by atoms with Crippen LogP contribution in [0.4, 0.5) is 5.69 Å². The fourth-order valence-electron chi connectivity index (χ4n) is 1.57. The maximum Gasteiger partial charge on any atom is 0.311 e. The molecule has 0 heterocycles. The minimum atomic E-state index is -0.713. The van der Waals surface area contributed by atoms with Crippen LogP contribution >= 0.6 is 27.5 Å². The van der Waals surface area contributed by atoms with Crippen molar-refractivity contribution in [1.29, 1.82) is 0 Å². The second-order valence-corrected chi connectivity index (χ2v) is 5.30. The number of hydrogen-bond acceptors (Lipinski definition) is 4. The zero-order chi connectivity index (χ0) is 15.6. The van der Waals surface area contributed by atoms with Gasteiger partial charge >= 0.3 is 5.69 Å². The summed E-state index contributed by atoms with van der Waals surface area (Å²) in [4.78, 5) is 21.6. The molecule has 8 heteroatoms. The Morgan fingerprint density at radius 2 is 1.95 bits per heavy atom. The molecule has 0 spiro atoms. The van der Waals surface area contributed by atoms with E-state index in [-0.39, 0.29) is 27.8 Å². The van der Waals surface area contributed by atoms with Crippen LogP contribution in [0.5, 0.6) is 11.5 Å². The van der Waals surface area contributed by atoms with Gasteiger partial charge in [0.1, 0.15) is 5.75 Å². The molecule has 0 saturated carbocycles. The minimum absolute atomic E-state index is 0.0988. The predicted octanol–water partition coefficient (Wildman–Crippen LogP) is 3.90. The molecule has 6 nitrogen and oxygen atoms in total. The highest BCUT2D eigenvalue weighted by Gasteiger charge is 2.19. The summed E-state index contributed by atoms with van der Waals surface area (Å²) in [6.45, 7) is 0. The number of primary amides is 1. The summed E-state index contributed by atoms with van der Waals surface area (Å²) >= 11 is 9.22. The van der Waals surface area contributed by atoms with E-state index in [2.05, 4.69) is 15.9 Å². The third-order valence-corrected chi connectivity index (χ3v) is 3.36. The summed E-state index contributed by atoms with van der Waals surface area (Å²) < 4.78 is 6.15. The number of nitrogens with zero attached hydrogens (tertiary/aromatic N) is 1. The van der Waals surface area contributed by atoms with Crippen molar-refractivity contribution in [2.75, 3.05) is 0 Å². The zero-order valence-corrected chi connectivity index (χ0v) is 12.7. The van der Waals surface area contributed by atoms with Crippen molar-refractivity contribution in [2.45, 2.75) is 0 Å². The summed E-state index contributed by atoms with van der Waals surface area (Å²) in [7, 11) is 0. The highest BCUT2D eigenvalue weighted by molar-refractivity contribution is 9.10. The van der Waals surface area contributed by atoms with E-state index < -0.39 is 10.8 Å². The first-order valence-corrected chi connectivity index (χ1v) is 6.76. The standard InChI is InChI=1S/C13H8BrClN2O4/c14-8-2-3-9(15)11(6-8)21-12-5-7(13(16)18)1-4-10(12)17(19)20/h1-6H,(H2,16,18). The van der Waals surface area contributed by atoms with Gasteiger partial charge in [-0.15, -0.1) is 0 Å². The van der Waals surface area contributed by atoms with Crippen LogP contribution in [0.2, 0.25) is 5.02 Å². The molecule has 21 heavy (non-hydrogen) atoms. The second-order valence-electron chi connectivity index (χ2n) is 3.98. The molecule has 2 aromatic carbocycles. The van der Waals surface area contributed by atoms with Gasteiger partial charge in [-0.2, -0.15) is 0 Å². The second kappa shape index (κ2) is 6.11. The smallest absolute Gasteiger partial charge is 0.311 e. The lowest BCUT2D eigenvalue weighted by atomic mass is 10.2. The lowest BCUT2D eigenvalue weighted by Crippen LogP contribution is -2.11. The van der Waals surface area contributed by atoms with Crippen molar-refractivity contribution in [1.82, 2.24) is 0 Å². The predicted molar refractivity (Wildman–Crippen MR) is 80.8 cm³/mol. The SMILES string of the molecule is NC(=O)c1ccc([N+](=O)[O-])c(Oc2cc(Br)ccc2Cl)c1. The molecule has 0 fully saturated rings. The lowest BCUT2D eigenvalue weighted by molar-refractivity contribution is -0.385. The van der Waals surface area contributed by atoms with Gasteiger partial charge in [-0.05, 0) is 24.3 Å². The van der Waals surface area contributed by atoms with Gasteiger partial charge < -0.3 is 10.5 Å². The summed E-state index contributed by atoms with van der Waals surface area (Å²) in [6.07, 6.45) is 0. The molecule has 2 rings (SSSR count). The number of halogens is 2. The molecule has 0 saturated heterocycles. The topological polar surface area (TPSA) is 95.5 Å². The Hall–Kier alpha value is -2.12. The number of carbonyl (C=O) groups is 1. The molecule has 0 unspecified atom stereocenters. The summed E-state index contributed by atoms with van der Waals surface area (Å²) in [5.41, 5.74) is 4.96. The van der Waals surface area contributed by atoms with E-state index in [0.717, 1.165) is 6.07 Å². The first kappa shape index (κ1) is 15.3. The maximum absolute atomic E-state index is 11.2. The van der Waals surface area contributed by atoms with Crippen molar-refractivity contribution >= 4 is 39.1 Å². The van der Waals surface area contributed by atoms with Gasteiger partial charge in [-0.1, -0.05) is 27.5 Å². The maximum atomic E-state index is 11.2. The third-order valence-electron chi connectivity index (χ3n) is 2.55. The molecule has 1 amide bonds. The van der Waals surface area contributed by atoms with Crippen molar-refractivity contribution in [3.8, 4) is 11.5 Å². The Morgan fingerprint density at radius 3 is 2.57 bits per heavy atom. The molecule has 0 aromatic heterocycles. The number of nitro benzene ring substituents is 1. The number of benzene rings is 2. The minimum Gasteiger partial charge on any atom is -0.448 e. The van der Waals surface area contributed by atoms with Crippen LogP contribution in [-0.4, -0.2) is 10.8 Å². The van der Waals surface area contributed by atoms with E-state index in [1.807, 2.05) is 0 Å². The monoisotopic (exact) mass is 370 g/mol. The Bertz CT molecular complexity index is 736. The number of ether oxygens (including phenoxy) is 1. The molecule has 2 aromatic rings. The number of rotatable bonds is 4. The van der Waals surface area contributed by atoms with Crippen LogP contribution in [-0.2, 0) is 0 Å². The lowest BCUT2D eigenvalue weighted by Gasteiger charge is -2.09. The average molecular weight is 372 g/mol. The third kappa shape index (κ3) is 3.50. The Kier molecular flexibility index (Phi) is 4.44. The number of amides is 1. The van der Waals surface area contributed by atoms with E-state index >= 15 is 0 Å². The number of carbonyl (C=O) groups excluding carboxylic acids is 1. The van der Waals surface area contributed by atoms with Gasteiger partial charge in [0.05, 0.1) is 9.95 Å². The summed E-state index contributed by atoms with van der Waals surface area (Å²) in [6, 6.07) is 8.45. The quantitative estimate of drug-likeness (QED) is 0.651. The van der Waals surface area contributed by atoms with Gasteiger partial charge in [0.2, 0.25) is 11.7 Å². The Balaban J connectivity index is 2.50. The summed E-state index contributed by atoms with van der Waals surface area (Å²) in [5.74, 6) is -0.609. The first-order chi connectivity index (χ1) is 9.88. The molecular weight excluding hydrogens is 364 g/mol. The molecule has 0 atom stereocenters. The van der Waals surface area contributed by atoms with Gasteiger partial charge in [0.15, 0.2) is 0 Å². The fraction of sp³-hybridized carbons (Fsp3) is 0. The number of nitrogens with two attached hydrogens (primary N) is 1. The summed E-state index contributed by atoms with van der Waals surface area (Å²) in [5, 5.41) is 11.3. The normalized spacial score (nSPS) is 10.2. The van der Waals surface area contributed by atoms with E-state index in [9.17, 15) is 14.9 Å². The van der Waals surface area contributed by atoms with Crippen molar-refractivity contribution < 1.29 is 14.5 Å². The van der Waals surface area contributed by atoms with Crippen LogP contribution < -0.4 is 10.5 Å². The molecular formula is C13H8BrClN2O4. The molecule has 0 radical (unpaired) electrons. The Morgan fingerprint density at radius 1 is 1.24 bits per heavy atom. The van der Waals surface area contributed by atoms with Crippen LogP contribution in [0.3, 0.4) is 0 Å². The van der Waals surface area contributed by atoms with Crippen molar-refractivity contribution in [3.05, 3.63) is 61.6 Å². The average Bonchev–Trinajstić information content (AvgIpc) is 2.42. The number of nitro groups is 1. The van der Waals surface area contributed by atoms with Crippen LogP contribution in [0.15, 0.2) is 40.9 Å². The largest absolute Gasteiger partial charge is 0.448 e. The van der Waals surface area contributed by atoms with Gasteiger partial charge in [0, 0.05) is 22.2 Å². The van der Waals surface area contributed by atoms with E-state index in [0.29, 0.717) is 4.47 Å². The van der Waals surface area contributed by atoms with Crippen LogP contribution in [0.1, 0.15) is 10.4 Å². The fourth-order valence-corrected chi connectivity index (χ4v) is 2.07. The van der Waals surface area contributed by atoms with Crippen LogP contribution in [0.25, 0.3) is 0 Å². The van der Waals surface area contributed by atoms with Gasteiger partial charge in [-0.3, -0.25) is 14.9 Å². The molecule has 0 bridgehead atoms. The van der Waals surface area contributed by atoms with E-state index in [1.165, 1.54) is 12.1 Å². The van der Waals surface area contributed by atoms with Crippen LogP contribution in [0, 0.1) is 10.1 Å². The molecule has 0 aliphatic heterocycles. The molecule has 0 aliphatic rings. The van der Waals surface area contributed by atoms with Gasteiger partial charge in [0.25, 0.3) is 0 Å². The first-order valence-electron chi connectivity index (χ1n) is 5.59. The van der Waals surface area contributed by atoms with Gasteiger partial charge in [-0.25, -0.2) is 0 Å². The zero-order valence-electron chi connectivity index (χ0n) is 10.4. The van der Waals surface area contributed by atoms with E-state index in [4.69, 9.17) is 22.1 Å². The molecule has 108 valence electrons. The van der Waals surface area contributed by atoms with Crippen molar-refractivity contribution in [3.63, 3.8) is 0 Å². The van der Waals surface area contributed by atoms with Crippen molar-refractivity contribution in [2.24, 2.45) is 5.73 Å². The Labute approximate surface area is 132 Å². The number of hydrogen-bond donors (Lipinski definition) is 1. The highest BCUT2D eigenvalue weighted by atomic mass is 79.9.